The molecule has 2 aromatic heterocycles. The van der Waals surface area contributed by atoms with Crippen molar-refractivity contribution in [3.63, 3.8) is 0 Å². The molecule has 0 fully saturated rings. The fourth-order valence-electron chi connectivity index (χ4n) is 2.79. The summed E-state index contributed by atoms with van der Waals surface area (Å²) < 4.78 is 6.72. The quantitative estimate of drug-likeness (QED) is 0.682. The van der Waals surface area contributed by atoms with E-state index in [0.717, 1.165) is 16.5 Å². The molecule has 0 aliphatic rings. The number of fused-ring (bicyclic) bond motifs is 1. The first-order valence-corrected chi connectivity index (χ1v) is 7.75. The Kier molecular flexibility index (Phi) is 3.76. The maximum atomic E-state index is 12.3. The van der Waals surface area contributed by atoms with Gasteiger partial charge in [0.2, 0.25) is 11.5 Å². The number of halogens is 1. The van der Waals surface area contributed by atoms with Gasteiger partial charge in [-0.1, -0.05) is 43.6 Å². The number of aromatic nitrogens is 3. The molecule has 0 N–H and O–H groups in total. The first-order valence-electron chi connectivity index (χ1n) is 7.37. The van der Waals surface area contributed by atoms with Gasteiger partial charge in [-0.3, -0.25) is 9.48 Å². The van der Waals surface area contributed by atoms with Crippen LogP contribution in [0.25, 0.3) is 10.9 Å². The van der Waals surface area contributed by atoms with Crippen molar-refractivity contribution in [3.05, 3.63) is 46.4 Å². The molecule has 1 aromatic carbocycles. The zero-order valence-electron chi connectivity index (χ0n) is 13.6. The fourth-order valence-corrected chi connectivity index (χ4v) is 3.05. The maximum Gasteiger partial charge on any atom is 0.206 e. The van der Waals surface area contributed by atoms with Crippen LogP contribution in [-0.4, -0.2) is 20.7 Å². The highest BCUT2D eigenvalue weighted by Crippen LogP contribution is 2.35. The van der Waals surface area contributed by atoms with Crippen LogP contribution in [0.3, 0.4) is 0 Å². The number of aryl methyl sites for hydroxylation is 1. The molecule has 3 rings (SSSR count). The van der Waals surface area contributed by atoms with E-state index in [9.17, 15) is 4.79 Å². The van der Waals surface area contributed by atoms with Gasteiger partial charge in [0.25, 0.3) is 0 Å². The molecule has 5 nitrogen and oxygen atoms in total. The Bertz CT molecular complexity index is 874. The predicted octanol–water partition coefficient (Wildman–Crippen LogP) is 3.94. The number of hydrogen-bond acceptors (Lipinski definition) is 4. The van der Waals surface area contributed by atoms with E-state index in [4.69, 9.17) is 16.1 Å². The molecule has 0 saturated carbocycles. The summed E-state index contributed by atoms with van der Waals surface area (Å²) in [5.41, 5.74) is 2.71. The van der Waals surface area contributed by atoms with Gasteiger partial charge in [-0.2, -0.15) is 5.10 Å². The summed E-state index contributed by atoms with van der Waals surface area (Å²) in [4.78, 5) is 12.3. The number of hydrogen-bond donors (Lipinski definition) is 0. The van der Waals surface area contributed by atoms with Crippen molar-refractivity contribution in [3.8, 4) is 0 Å². The van der Waals surface area contributed by atoms with E-state index >= 15 is 0 Å². The second-order valence-corrected chi connectivity index (χ2v) is 7.02. The topological polar surface area (TPSA) is 60.9 Å². The van der Waals surface area contributed by atoms with Gasteiger partial charge in [0.15, 0.2) is 0 Å². The summed E-state index contributed by atoms with van der Waals surface area (Å²) in [6.45, 7) is 6.42. The van der Waals surface area contributed by atoms with Crippen molar-refractivity contribution >= 4 is 28.3 Å². The lowest BCUT2D eigenvalue weighted by atomic mass is 9.85. The molecule has 0 unspecified atom stereocenters. The molecule has 3 aromatic rings. The van der Waals surface area contributed by atoms with Gasteiger partial charge in [0, 0.05) is 18.5 Å². The fraction of sp³-hybridized carbons (Fsp3) is 0.353. The molecule has 120 valence electrons. The summed E-state index contributed by atoms with van der Waals surface area (Å²) in [5.74, 6) is 0.0617. The molecule has 2 heterocycles. The number of nitrogens with zero attached hydrogens (tertiary/aromatic N) is 3. The van der Waals surface area contributed by atoms with Gasteiger partial charge < -0.3 is 4.52 Å². The normalized spacial score (nSPS) is 12.0. The Morgan fingerprint density at radius 1 is 1.30 bits per heavy atom. The van der Waals surface area contributed by atoms with Crippen molar-refractivity contribution < 1.29 is 9.32 Å². The maximum absolute atomic E-state index is 12.3. The van der Waals surface area contributed by atoms with E-state index in [0.29, 0.717) is 10.7 Å². The molecule has 23 heavy (non-hydrogen) atoms. The lowest BCUT2D eigenvalue weighted by Gasteiger charge is -2.21. The van der Waals surface area contributed by atoms with Crippen molar-refractivity contribution in [2.24, 2.45) is 7.05 Å². The van der Waals surface area contributed by atoms with E-state index in [1.54, 1.807) is 10.7 Å². The van der Waals surface area contributed by atoms with E-state index in [1.165, 1.54) is 6.20 Å². The van der Waals surface area contributed by atoms with E-state index < -0.39 is 0 Å². The molecule has 0 saturated heterocycles. The van der Waals surface area contributed by atoms with Crippen LogP contribution in [0.1, 0.15) is 42.6 Å². The van der Waals surface area contributed by atoms with Gasteiger partial charge in [-0.05, 0) is 17.0 Å². The Morgan fingerprint density at radius 2 is 2.04 bits per heavy atom. The predicted molar refractivity (Wildman–Crippen MR) is 89.0 cm³/mol. The lowest BCUT2D eigenvalue weighted by molar-refractivity contribution is 0.0956. The molecular formula is C17H18ClN3O2. The second kappa shape index (κ2) is 5.49. The van der Waals surface area contributed by atoms with Crippen LogP contribution in [0.2, 0.25) is 5.02 Å². The zero-order valence-corrected chi connectivity index (χ0v) is 14.3. The number of benzene rings is 1. The van der Waals surface area contributed by atoms with Gasteiger partial charge in [-0.15, -0.1) is 0 Å². The second-order valence-electron chi connectivity index (χ2n) is 6.62. The number of rotatable bonds is 3. The summed E-state index contributed by atoms with van der Waals surface area (Å²) in [6.07, 6.45) is 1.58. The van der Waals surface area contributed by atoms with E-state index in [-0.39, 0.29) is 23.4 Å². The summed E-state index contributed by atoms with van der Waals surface area (Å²) in [7, 11) is 1.87. The first kappa shape index (κ1) is 15.7. The van der Waals surface area contributed by atoms with Crippen LogP contribution in [0, 0.1) is 0 Å². The SMILES string of the molecule is Cn1nc(CC(=O)c2ccno2)c2c(Cl)ccc(C(C)(C)C)c21. The van der Waals surface area contributed by atoms with E-state index in [1.807, 2.05) is 19.2 Å². The van der Waals surface area contributed by atoms with Crippen molar-refractivity contribution in [1.29, 1.82) is 0 Å². The van der Waals surface area contributed by atoms with Gasteiger partial charge in [0.1, 0.15) is 0 Å². The standard InChI is InChI=1S/C17H18ClN3O2/c1-17(2,3)10-5-6-11(18)15-12(20-21(4)16(10)15)9-13(22)14-7-8-19-23-14/h5-8H,9H2,1-4H3. The minimum absolute atomic E-state index is 0.0527. The third kappa shape index (κ3) is 2.77. The molecule has 0 amide bonds. The third-order valence-electron chi connectivity index (χ3n) is 3.86. The Labute approximate surface area is 139 Å². The van der Waals surface area contributed by atoms with Crippen LogP contribution in [0.5, 0.6) is 0 Å². The monoisotopic (exact) mass is 331 g/mol. The summed E-state index contributed by atoms with van der Waals surface area (Å²) in [5, 5.41) is 9.52. The third-order valence-corrected chi connectivity index (χ3v) is 4.17. The molecule has 0 aliphatic carbocycles. The Morgan fingerprint density at radius 3 is 2.65 bits per heavy atom. The minimum Gasteiger partial charge on any atom is -0.353 e. The number of carbonyl (C=O) groups is 1. The van der Waals surface area contributed by atoms with Crippen LogP contribution in [-0.2, 0) is 18.9 Å². The number of carbonyl (C=O) groups excluding carboxylic acids is 1. The Balaban J connectivity index is 2.14. The highest BCUT2D eigenvalue weighted by Gasteiger charge is 2.24. The average molecular weight is 332 g/mol. The van der Waals surface area contributed by atoms with Gasteiger partial charge in [0.05, 0.1) is 28.9 Å². The molecule has 0 bridgehead atoms. The Hall–Kier alpha value is -2.14. The summed E-state index contributed by atoms with van der Waals surface area (Å²) in [6, 6.07) is 5.44. The summed E-state index contributed by atoms with van der Waals surface area (Å²) >= 11 is 6.41. The van der Waals surface area contributed by atoms with Crippen molar-refractivity contribution in [1.82, 2.24) is 14.9 Å². The van der Waals surface area contributed by atoms with Crippen LogP contribution >= 0.6 is 11.6 Å². The zero-order chi connectivity index (χ0) is 16.8. The van der Waals surface area contributed by atoms with Crippen LogP contribution in [0.15, 0.2) is 28.9 Å². The lowest BCUT2D eigenvalue weighted by Crippen LogP contribution is -2.13. The number of ketones is 1. The molecule has 6 heteroatoms. The average Bonchev–Trinajstić information content (AvgIpc) is 3.07. The molecular weight excluding hydrogens is 314 g/mol. The van der Waals surface area contributed by atoms with Crippen LogP contribution < -0.4 is 0 Å². The smallest absolute Gasteiger partial charge is 0.206 e. The molecule has 0 spiro atoms. The highest BCUT2D eigenvalue weighted by atomic mass is 35.5. The molecule has 0 aliphatic heterocycles. The van der Waals surface area contributed by atoms with Gasteiger partial charge in [-0.25, -0.2) is 0 Å². The molecule has 0 radical (unpaired) electrons. The minimum atomic E-state index is -0.167. The largest absolute Gasteiger partial charge is 0.353 e. The van der Waals surface area contributed by atoms with Crippen molar-refractivity contribution in [2.45, 2.75) is 32.6 Å². The number of Topliss-reactive ketones (excluding diaryl/α,β-unsaturated/α-hetero) is 1. The van der Waals surface area contributed by atoms with Gasteiger partial charge >= 0.3 is 0 Å². The molecule has 0 atom stereocenters. The van der Waals surface area contributed by atoms with Crippen LogP contribution in [0.4, 0.5) is 0 Å². The highest BCUT2D eigenvalue weighted by molar-refractivity contribution is 6.35. The first-order chi connectivity index (χ1) is 10.8. The van der Waals surface area contributed by atoms with Crippen molar-refractivity contribution in [2.75, 3.05) is 0 Å². The van der Waals surface area contributed by atoms with E-state index in [2.05, 4.69) is 31.0 Å².